The minimum atomic E-state index is -0.0496. The second-order valence-electron chi connectivity index (χ2n) is 4.79. The smallest absolute Gasteiger partial charge is 0.252 e. The Kier molecular flexibility index (Phi) is 5.30. The molecule has 1 aromatic heterocycles. The summed E-state index contributed by atoms with van der Waals surface area (Å²) in [6.07, 6.45) is 6.71. The van der Waals surface area contributed by atoms with Crippen LogP contribution in [0.2, 0.25) is 0 Å². The van der Waals surface area contributed by atoms with Crippen molar-refractivity contribution in [3.05, 3.63) is 54.4 Å². The number of hydrogen-bond donors (Lipinski definition) is 1. The molecule has 2 aromatic rings. The molecule has 0 atom stereocenters. The SMILES string of the molecule is CCCCCNC(=O)c1cncc(-c2ccccc2)c1. The summed E-state index contributed by atoms with van der Waals surface area (Å²) in [5.74, 6) is -0.0496. The first-order valence-corrected chi connectivity index (χ1v) is 7.10. The van der Waals surface area contributed by atoms with E-state index in [9.17, 15) is 4.79 Å². The van der Waals surface area contributed by atoms with E-state index < -0.39 is 0 Å². The number of rotatable bonds is 6. The first-order chi connectivity index (χ1) is 9.81. The third-order valence-corrected chi connectivity index (χ3v) is 3.17. The van der Waals surface area contributed by atoms with Crippen molar-refractivity contribution < 1.29 is 4.79 Å². The van der Waals surface area contributed by atoms with Crippen molar-refractivity contribution in [2.75, 3.05) is 6.54 Å². The van der Waals surface area contributed by atoms with Gasteiger partial charge in [0.05, 0.1) is 5.56 Å². The third kappa shape index (κ3) is 3.92. The number of carbonyl (C=O) groups excluding carboxylic acids is 1. The molecule has 0 aliphatic carbocycles. The van der Waals surface area contributed by atoms with Crippen molar-refractivity contribution >= 4 is 5.91 Å². The quantitative estimate of drug-likeness (QED) is 0.812. The van der Waals surface area contributed by atoms with Crippen LogP contribution < -0.4 is 5.32 Å². The highest BCUT2D eigenvalue weighted by atomic mass is 16.1. The van der Waals surface area contributed by atoms with Crippen molar-refractivity contribution in [1.29, 1.82) is 0 Å². The van der Waals surface area contributed by atoms with E-state index in [1.807, 2.05) is 36.4 Å². The van der Waals surface area contributed by atoms with E-state index in [1.165, 1.54) is 0 Å². The predicted molar refractivity (Wildman–Crippen MR) is 81.5 cm³/mol. The van der Waals surface area contributed by atoms with Crippen LogP contribution in [0.1, 0.15) is 36.5 Å². The molecule has 104 valence electrons. The second kappa shape index (κ2) is 7.43. The van der Waals surface area contributed by atoms with Gasteiger partial charge >= 0.3 is 0 Å². The molecule has 0 aliphatic rings. The summed E-state index contributed by atoms with van der Waals surface area (Å²) in [5, 5.41) is 2.93. The summed E-state index contributed by atoms with van der Waals surface area (Å²) < 4.78 is 0. The van der Waals surface area contributed by atoms with E-state index >= 15 is 0 Å². The molecule has 1 heterocycles. The van der Waals surface area contributed by atoms with Crippen LogP contribution in [0.4, 0.5) is 0 Å². The van der Waals surface area contributed by atoms with E-state index in [0.717, 1.165) is 36.9 Å². The Hall–Kier alpha value is -2.16. The highest BCUT2D eigenvalue weighted by Crippen LogP contribution is 2.18. The minimum absolute atomic E-state index is 0.0496. The highest BCUT2D eigenvalue weighted by Gasteiger charge is 2.07. The van der Waals surface area contributed by atoms with Crippen LogP contribution in [0.3, 0.4) is 0 Å². The molecule has 2 rings (SSSR count). The van der Waals surface area contributed by atoms with E-state index in [2.05, 4.69) is 17.2 Å². The summed E-state index contributed by atoms with van der Waals surface area (Å²) in [6, 6.07) is 11.8. The maximum Gasteiger partial charge on any atom is 0.252 e. The van der Waals surface area contributed by atoms with E-state index in [-0.39, 0.29) is 5.91 Å². The monoisotopic (exact) mass is 268 g/mol. The first kappa shape index (κ1) is 14.3. The van der Waals surface area contributed by atoms with Gasteiger partial charge in [-0.05, 0) is 18.1 Å². The Morgan fingerprint density at radius 2 is 1.90 bits per heavy atom. The summed E-state index contributed by atoms with van der Waals surface area (Å²) in [6.45, 7) is 2.87. The third-order valence-electron chi connectivity index (χ3n) is 3.17. The van der Waals surface area contributed by atoms with Crippen LogP contribution in [-0.4, -0.2) is 17.4 Å². The van der Waals surface area contributed by atoms with Gasteiger partial charge in [0.2, 0.25) is 0 Å². The molecule has 0 aliphatic heterocycles. The van der Waals surface area contributed by atoms with Gasteiger partial charge in [0.1, 0.15) is 0 Å². The molecule has 1 N–H and O–H groups in total. The molecular formula is C17H20N2O. The molecule has 0 fully saturated rings. The molecule has 0 bridgehead atoms. The fourth-order valence-electron chi connectivity index (χ4n) is 2.03. The topological polar surface area (TPSA) is 42.0 Å². The highest BCUT2D eigenvalue weighted by molar-refractivity contribution is 5.95. The molecule has 3 nitrogen and oxygen atoms in total. The standard InChI is InChI=1S/C17H20N2O/c1-2-3-7-10-19-17(20)16-11-15(12-18-13-16)14-8-5-4-6-9-14/h4-6,8-9,11-13H,2-3,7,10H2,1H3,(H,19,20). The first-order valence-electron chi connectivity index (χ1n) is 7.10. The molecule has 3 heteroatoms. The fourth-order valence-corrected chi connectivity index (χ4v) is 2.03. The average molecular weight is 268 g/mol. The maximum atomic E-state index is 12.0. The predicted octanol–water partition coefficient (Wildman–Crippen LogP) is 3.67. The molecule has 0 saturated heterocycles. The van der Waals surface area contributed by atoms with Gasteiger partial charge in [0.15, 0.2) is 0 Å². The van der Waals surface area contributed by atoms with Crippen LogP contribution in [0.15, 0.2) is 48.8 Å². The van der Waals surface area contributed by atoms with Crippen LogP contribution >= 0.6 is 0 Å². The summed E-state index contributed by atoms with van der Waals surface area (Å²) in [7, 11) is 0. The lowest BCUT2D eigenvalue weighted by molar-refractivity contribution is 0.0952. The van der Waals surface area contributed by atoms with Crippen LogP contribution in [-0.2, 0) is 0 Å². The molecule has 20 heavy (non-hydrogen) atoms. The lowest BCUT2D eigenvalue weighted by Crippen LogP contribution is -2.24. The van der Waals surface area contributed by atoms with Gasteiger partial charge in [-0.1, -0.05) is 50.1 Å². The zero-order chi connectivity index (χ0) is 14.2. The Balaban J connectivity index is 2.04. The van der Waals surface area contributed by atoms with Crippen molar-refractivity contribution in [3.63, 3.8) is 0 Å². The number of nitrogens with one attached hydrogen (secondary N) is 1. The van der Waals surface area contributed by atoms with E-state index in [0.29, 0.717) is 5.56 Å². The van der Waals surface area contributed by atoms with Gasteiger partial charge in [-0.2, -0.15) is 0 Å². The number of benzene rings is 1. The van der Waals surface area contributed by atoms with Crippen LogP contribution in [0, 0.1) is 0 Å². The molecule has 0 unspecified atom stereocenters. The van der Waals surface area contributed by atoms with Crippen molar-refractivity contribution in [2.45, 2.75) is 26.2 Å². The van der Waals surface area contributed by atoms with Crippen LogP contribution in [0.25, 0.3) is 11.1 Å². The number of amides is 1. The summed E-state index contributed by atoms with van der Waals surface area (Å²) in [5.41, 5.74) is 2.65. The van der Waals surface area contributed by atoms with Gasteiger partial charge < -0.3 is 5.32 Å². The molecule has 0 saturated carbocycles. The Morgan fingerprint density at radius 3 is 2.65 bits per heavy atom. The normalized spacial score (nSPS) is 10.2. The lowest BCUT2D eigenvalue weighted by atomic mass is 10.1. The zero-order valence-electron chi connectivity index (χ0n) is 11.8. The van der Waals surface area contributed by atoms with Crippen molar-refractivity contribution in [1.82, 2.24) is 10.3 Å². The van der Waals surface area contributed by atoms with Gasteiger partial charge in [-0.25, -0.2) is 0 Å². The zero-order valence-corrected chi connectivity index (χ0v) is 11.8. The summed E-state index contributed by atoms with van der Waals surface area (Å²) in [4.78, 5) is 16.2. The molecule has 0 radical (unpaired) electrons. The molecule has 0 spiro atoms. The maximum absolute atomic E-state index is 12.0. The Bertz CT molecular complexity index is 552. The number of hydrogen-bond acceptors (Lipinski definition) is 2. The van der Waals surface area contributed by atoms with Gasteiger partial charge in [-0.3, -0.25) is 9.78 Å². The lowest BCUT2D eigenvalue weighted by Gasteiger charge is -2.06. The second-order valence-corrected chi connectivity index (χ2v) is 4.79. The number of unbranched alkanes of at least 4 members (excludes halogenated alkanes) is 2. The average Bonchev–Trinajstić information content (AvgIpc) is 2.52. The molecule has 1 aromatic carbocycles. The van der Waals surface area contributed by atoms with Crippen molar-refractivity contribution in [2.24, 2.45) is 0 Å². The number of carbonyl (C=O) groups is 1. The van der Waals surface area contributed by atoms with Gasteiger partial charge in [0, 0.05) is 24.5 Å². The van der Waals surface area contributed by atoms with Crippen molar-refractivity contribution in [3.8, 4) is 11.1 Å². The number of aromatic nitrogens is 1. The largest absolute Gasteiger partial charge is 0.352 e. The summed E-state index contributed by atoms with van der Waals surface area (Å²) >= 11 is 0. The van der Waals surface area contributed by atoms with Gasteiger partial charge in [0.25, 0.3) is 5.91 Å². The molecule has 1 amide bonds. The molecular weight excluding hydrogens is 248 g/mol. The van der Waals surface area contributed by atoms with E-state index in [1.54, 1.807) is 12.4 Å². The Labute approximate surface area is 120 Å². The van der Waals surface area contributed by atoms with Gasteiger partial charge in [-0.15, -0.1) is 0 Å². The van der Waals surface area contributed by atoms with Crippen LogP contribution in [0.5, 0.6) is 0 Å². The fraction of sp³-hybridized carbons (Fsp3) is 0.294. The minimum Gasteiger partial charge on any atom is -0.352 e. The number of nitrogens with zero attached hydrogens (tertiary/aromatic N) is 1. The number of pyridine rings is 1. The van der Waals surface area contributed by atoms with E-state index in [4.69, 9.17) is 0 Å². The Morgan fingerprint density at radius 1 is 1.10 bits per heavy atom.